The Labute approximate surface area is 104 Å². The topological polar surface area (TPSA) is 72.2 Å². The van der Waals surface area contributed by atoms with Crippen molar-refractivity contribution in [3.05, 3.63) is 0 Å². The Bertz CT molecular complexity index is 326. The first-order chi connectivity index (χ1) is 7.16. The fraction of sp³-hybridized carbons (Fsp3) is 0.900. The molecule has 0 bridgehead atoms. The number of nitrogens with one attached hydrogen (secondary N) is 1. The Morgan fingerprint density at radius 2 is 1.75 bits per heavy atom. The van der Waals surface area contributed by atoms with E-state index in [2.05, 4.69) is 30.8 Å². The molecule has 0 saturated heterocycles. The highest BCUT2D eigenvalue weighted by atomic mass is 32.2. The maximum atomic E-state index is 11.7. The van der Waals surface area contributed by atoms with E-state index in [-0.39, 0.29) is 11.0 Å². The molecular weight excluding hydrogens is 244 g/mol. The van der Waals surface area contributed by atoms with E-state index in [0.29, 0.717) is 5.92 Å². The Kier molecular flexibility index (Phi) is 6.43. The molecule has 16 heavy (non-hydrogen) atoms. The van der Waals surface area contributed by atoms with Crippen molar-refractivity contribution in [3.63, 3.8) is 0 Å². The molecule has 2 atom stereocenters. The molecule has 0 aliphatic carbocycles. The summed E-state index contributed by atoms with van der Waals surface area (Å²) in [6.07, 6.45) is 1.81. The molecule has 0 aliphatic rings. The smallest absolute Gasteiger partial charge is 0.220 e. The van der Waals surface area contributed by atoms with Gasteiger partial charge in [0.1, 0.15) is 5.25 Å². The van der Waals surface area contributed by atoms with Crippen LogP contribution in [0.3, 0.4) is 0 Å². The van der Waals surface area contributed by atoms with Gasteiger partial charge in [-0.15, -0.1) is 0 Å². The second-order valence-electron chi connectivity index (χ2n) is 4.58. The predicted molar refractivity (Wildman–Crippen MR) is 71.8 cm³/mol. The molecule has 0 fully saturated rings. The summed E-state index contributed by atoms with van der Waals surface area (Å²) in [5.74, 6) is 0.569. The van der Waals surface area contributed by atoms with Crippen molar-refractivity contribution in [2.75, 3.05) is 0 Å². The Morgan fingerprint density at radius 1 is 1.25 bits per heavy atom. The molecule has 4 nitrogen and oxygen atoms in total. The molecule has 3 N–H and O–H groups in total. The molecule has 0 heterocycles. The van der Waals surface area contributed by atoms with Crippen molar-refractivity contribution in [1.29, 1.82) is 0 Å². The van der Waals surface area contributed by atoms with Crippen LogP contribution in [0, 0.1) is 5.92 Å². The first kappa shape index (κ1) is 15.8. The van der Waals surface area contributed by atoms with Crippen LogP contribution in [0.15, 0.2) is 0 Å². The van der Waals surface area contributed by atoms with Crippen LogP contribution < -0.4 is 10.5 Å². The van der Waals surface area contributed by atoms with Crippen LogP contribution in [-0.4, -0.2) is 24.7 Å². The molecule has 0 aliphatic heterocycles. The monoisotopic (exact) mass is 266 g/mol. The van der Waals surface area contributed by atoms with E-state index in [4.69, 9.17) is 5.73 Å². The number of sulfonamides is 1. The molecule has 0 aromatic carbocycles. The van der Waals surface area contributed by atoms with Crippen LogP contribution in [0.4, 0.5) is 0 Å². The van der Waals surface area contributed by atoms with Gasteiger partial charge in [0.05, 0.1) is 4.99 Å². The van der Waals surface area contributed by atoms with Crippen molar-refractivity contribution in [2.45, 2.75) is 51.8 Å². The molecule has 0 radical (unpaired) electrons. The van der Waals surface area contributed by atoms with Gasteiger partial charge in [-0.25, -0.2) is 13.1 Å². The third kappa shape index (κ3) is 5.77. The first-order valence-electron chi connectivity index (χ1n) is 5.47. The number of nitrogens with two attached hydrogens (primary N) is 1. The van der Waals surface area contributed by atoms with E-state index in [9.17, 15) is 8.42 Å². The van der Waals surface area contributed by atoms with Gasteiger partial charge in [-0.3, -0.25) is 0 Å². The van der Waals surface area contributed by atoms with E-state index in [0.717, 1.165) is 12.8 Å². The summed E-state index contributed by atoms with van der Waals surface area (Å²) in [5, 5.41) is -0.816. The SMILES string of the molecule is CC(C)CCC(C)NS(=O)(=O)C(C)C(N)=S. The summed E-state index contributed by atoms with van der Waals surface area (Å²) < 4.78 is 26.1. The van der Waals surface area contributed by atoms with Gasteiger partial charge in [0.25, 0.3) is 0 Å². The van der Waals surface area contributed by atoms with E-state index in [1.54, 1.807) is 0 Å². The molecule has 96 valence electrons. The lowest BCUT2D eigenvalue weighted by atomic mass is 10.1. The van der Waals surface area contributed by atoms with Gasteiger partial charge in [0.15, 0.2) is 0 Å². The Hall–Kier alpha value is -0.200. The molecule has 0 rings (SSSR count). The molecule has 0 spiro atoms. The van der Waals surface area contributed by atoms with E-state index in [1.807, 2.05) is 6.92 Å². The van der Waals surface area contributed by atoms with Crippen molar-refractivity contribution < 1.29 is 8.42 Å². The highest BCUT2D eigenvalue weighted by Gasteiger charge is 2.24. The minimum atomic E-state index is -3.42. The third-order valence-electron chi connectivity index (χ3n) is 2.41. The zero-order chi connectivity index (χ0) is 12.9. The molecule has 0 amide bonds. The average Bonchev–Trinajstić information content (AvgIpc) is 2.12. The summed E-state index contributed by atoms with van der Waals surface area (Å²) in [4.78, 5) is 0.00330. The van der Waals surface area contributed by atoms with E-state index < -0.39 is 15.3 Å². The van der Waals surface area contributed by atoms with Gasteiger partial charge in [0, 0.05) is 6.04 Å². The second kappa shape index (κ2) is 6.51. The quantitative estimate of drug-likeness (QED) is 0.683. The van der Waals surface area contributed by atoms with E-state index >= 15 is 0 Å². The van der Waals surface area contributed by atoms with Gasteiger partial charge in [-0.2, -0.15) is 0 Å². The van der Waals surface area contributed by atoms with Crippen molar-refractivity contribution >= 4 is 27.2 Å². The van der Waals surface area contributed by atoms with Gasteiger partial charge in [-0.05, 0) is 32.6 Å². The van der Waals surface area contributed by atoms with Gasteiger partial charge < -0.3 is 5.73 Å². The zero-order valence-electron chi connectivity index (χ0n) is 10.4. The predicted octanol–water partition coefficient (Wildman–Crippen LogP) is 1.41. The zero-order valence-corrected chi connectivity index (χ0v) is 12.0. The van der Waals surface area contributed by atoms with Crippen LogP contribution in [0.25, 0.3) is 0 Å². The van der Waals surface area contributed by atoms with Gasteiger partial charge >= 0.3 is 0 Å². The minimum absolute atomic E-state index is 0.00330. The van der Waals surface area contributed by atoms with Crippen LogP contribution in [0.2, 0.25) is 0 Å². The van der Waals surface area contributed by atoms with Gasteiger partial charge in [0.2, 0.25) is 10.0 Å². The number of hydrogen-bond acceptors (Lipinski definition) is 3. The lowest BCUT2D eigenvalue weighted by Crippen LogP contribution is -2.43. The largest absolute Gasteiger partial charge is 0.392 e. The highest BCUT2D eigenvalue weighted by molar-refractivity contribution is 7.93. The fourth-order valence-corrected chi connectivity index (χ4v) is 2.75. The van der Waals surface area contributed by atoms with Crippen molar-refractivity contribution in [3.8, 4) is 0 Å². The first-order valence-corrected chi connectivity index (χ1v) is 7.42. The lowest BCUT2D eigenvalue weighted by molar-refractivity contribution is 0.484. The second-order valence-corrected chi connectivity index (χ2v) is 7.08. The fourth-order valence-electron chi connectivity index (χ4n) is 1.18. The number of hydrogen-bond donors (Lipinski definition) is 2. The normalized spacial score (nSPS) is 16.1. The molecular formula is C10H22N2O2S2. The Morgan fingerprint density at radius 3 is 2.12 bits per heavy atom. The summed E-state index contributed by atoms with van der Waals surface area (Å²) >= 11 is 4.68. The van der Waals surface area contributed by atoms with Crippen LogP contribution in [0.1, 0.15) is 40.5 Å². The third-order valence-corrected chi connectivity index (χ3v) is 4.83. The van der Waals surface area contributed by atoms with Crippen molar-refractivity contribution in [2.24, 2.45) is 11.7 Å². The highest BCUT2D eigenvalue weighted by Crippen LogP contribution is 2.08. The number of rotatable bonds is 7. The van der Waals surface area contributed by atoms with Gasteiger partial charge in [-0.1, -0.05) is 26.1 Å². The minimum Gasteiger partial charge on any atom is -0.392 e. The summed E-state index contributed by atoms with van der Waals surface area (Å²) in [6, 6.07) is -0.0794. The summed E-state index contributed by atoms with van der Waals surface area (Å²) in [5.41, 5.74) is 5.33. The molecule has 0 aromatic heterocycles. The van der Waals surface area contributed by atoms with E-state index in [1.165, 1.54) is 6.92 Å². The molecule has 0 saturated carbocycles. The number of thiocarbonyl (C=S) groups is 1. The van der Waals surface area contributed by atoms with Crippen LogP contribution in [0.5, 0.6) is 0 Å². The van der Waals surface area contributed by atoms with Crippen LogP contribution >= 0.6 is 12.2 Å². The van der Waals surface area contributed by atoms with Crippen molar-refractivity contribution in [1.82, 2.24) is 4.72 Å². The Balaban J connectivity index is 4.32. The maximum Gasteiger partial charge on any atom is 0.220 e. The lowest BCUT2D eigenvalue weighted by Gasteiger charge is -2.18. The standard InChI is InChI=1S/C10H22N2O2S2/c1-7(2)5-6-8(3)12-16(13,14)9(4)10(11)15/h7-9,12H,5-6H2,1-4H3,(H2,11,15). The molecule has 6 heteroatoms. The average molecular weight is 266 g/mol. The van der Waals surface area contributed by atoms with Crippen LogP contribution in [-0.2, 0) is 10.0 Å². The summed E-state index contributed by atoms with van der Waals surface area (Å²) in [7, 11) is -3.42. The summed E-state index contributed by atoms with van der Waals surface area (Å²) in [6.45, 7) is 7.57. The maximum absolute atomic E-state index is 11.7. The molecule has 0 aromatic rings. The molecule has 2 unspecified atom stereocenters.